The maximum Gasteiger partial charge on any atom is 0.0610 e. The van der Waals surface area contributed by atoms with Gasteiger partial charge in [-0.15, -0.1) is 0 Å². The molecule has 0 aromatic rings. The van der Waals surface area contributed by atoms with Crippen LogP contribution in [0.1, 0.15) is 26.2 Å². The summed E-state index contributed by atoms with van der Waals surface area (Å²) in [6.07, 6.45) is 2.59. The van der Waals surface area contributed by atoms with Gasteiger partial charge in [0.15, 0.2) is 0 Å². The van der Waals surface area contributed by atoms with Crippen molar-refractivity contribution in [2.24, 2.45) is 0 Å². The SMILES string of the molecule is CC(S)CC1CC(O)CCO1. The Bertz CT molecular complexity index is 115. The molecule has 0 aromatic heterocycles. The monoisotopic (exact) mass is 176 g/mol. The van der Waals surface area contributed by atoms with Crippen LogP contribution < -0.4 is 0 Å². The average Bonchev–Trinajstić information content (AvgIpc) is 1.85. The molecule has 1 aliphatic heterocycles. The van der Waals surface area contributed by atoms with E-state index in [1.807, 2.05) is 6.92 Å². The van der Waals surface area contributed by atoms with Crippen molar-refractivity contribution in [1.29, 1.82) is 0 Å². The second-order valence-corrected chi connectivity index (χ2v) is 4.14. The van der Waals surface area contributed by atoms with Gasteiger partial charge in [0.25, 0.3) is 0 Å². The smallest absolute Gasteiger partial charge is 0.0610 e. The summed E-state index contributed by atoms with van der Waals surface area (Å²) in [7, 11) is 0. The summed E-state index contributed by atoms with van der Waals surface area (Å²) < 4.78 is 5.45. The molecule has 1 saturated heterocycles. The standard InChI is InChI=1S/C8H16O2S/c1-6(11)4-8-5-7(9)2-3-10-8/h6-9,11H,2-5H2,1H3. The molecule has 3 unspecified atom stereocenters. The summed E-state index contributed by atoms with van der Waals surface area (Å²) in [5.41, 5.74) is 0. The number of ether oxygens (including phenoxy) is 1. The Balaban J connectivity index is 2.23. The lowest BCUT2D eigenvalue weighted by molar-refractivity contribution is -0.0456. The van der Waals surface area contributed by atoms with Crippen LogP contribution in [-0.2, 0) is 4.74 Å². The largest absolute Gasteiger partial charge is 0.393 e. The highest BCUT2D eigenvalue weighted by molar-refractivity contribution is 7.80. The summed E-state index contributed by atoms with van der Waals surface area (Å²) in [4.78, 5) is 0. The second kappa shape index (κ2) is 4.33. The number of rotatable bonds is 2. The summed E-state index contributed by atoms with van der Waals surface area (Å²) in [5, 5.41) is 9.65. The van der Waals surface area contributed by atoms with Gasteiger partial charge < -0.3 is 9.84 Å². The Morgan fingerprint density at radius 2 is 2.45 bits per heavy atom. The molecule has 1 N–H and O–H groups in total. The zero-order valence-electron chi connectivity index (χ0n) is 6.86. The van der Waals surface area contributed by atoms with Gasteiger partial charge >= 0.3 is 0 Å². The van der Waals surface area contributed by atoms with E-state index in [2.05, 4.69) is 12.6 Å². The predicted molar refractivity (Wildman–Crippen MR) is 48.0 cm³/mol. The minimum atomic E-state index is -0.152. The quantitative estimate of drug-likeness (QED) is 0.620. The molecule has 0 aromatic carbocycles. The fourth-order valence-corrected chi connectivity index (χ4v) is 1.64. The molecule has 0 spiro atoms. The molecular weight excluding hydrogens is 160 g/mol. The molecule has 1 heterocycles. The van der Waals surface area contributed by atoms with Crippen molar-refractivity contribution < 1.29 is 9.84 Å². The Labute approximate surface area is 73.4 Å². The zero-order chi connectivity index (χ0) is 8.27. The van der Waals surface area contributed by atoms with Crippen LogP contribution in [0, 0.1) is 0 Å². The second-order valence-electron chi connectivity index (χ2n) is 3.26. The Morgan fingerprint density at radius 1 is 1.73 bits per heavy atom. The normalized spacial score (nSPS) is 35.2. The van der Waals surface area contributed by atoms with Gasteiger partial charge in [-0.2, -0.15) is 12.6 Å². The molecular formula is C8H16O2S. The highest BCUT2D eigenvalue weighted by Gasteiger charge is 2.21. The van der Waals surface area contributed by atoms with Gasteiger partial charge in [0.1, 0.15) is 0 Å². The van der Waals surface area contributed by atoms with Crippen LogP contribution in [0.15, 0.2) is 0 Å². The highest BCUT2D eigenvalue weighted by atomic mass is 32.1. The van der Waals surface area contributed by atoms with E-state index >= 15 is 0 Å². The van der Waals surface area contributed by atoms with E-state index in [1.54, 1.807) is 0 Å². The molecule has 0 aliphatic carbocycles. The molecule has 3 heteroatoms. The van der Waals surface area contributed by atoms with Gasteiger partial charge in [-0.1, -0.05) is 6.92 Å². The van der Waals surface area contributed by atoms with Gasteiger partial charge in [-0.25, -0.2) is 0 Å². The first-order chi connectivity index (χ1) is 5.18. The molecule has 2 nitrogen and oxygen atoms in total. The number of thiol groups is 1. The molecule has 3 atom stereocenters. The van der Waals surface area contributed by atoms with Crippen LogP contribution in [0.5, 0.6) is 0 Å². The van der Waals surface area contributed by atoms with Crippen LogP contribution in [0.3, 0.4) is 0 Å². The maximum atomic E-state index is 9.29. The number of aliphatic hydroxyl groups excluding tert-OH is 1. The third kappa shape index (κ3) is 3.45. The van der Waals surface area contributed by atoms with Crippen molar-refractivity contribution in [3.8, 4) is 0 Å². The molecule has 11 heavy (non-hydrogen) atoms. The number of aliphatic hydroxyl groups is 1. The summed E-state index contributed by atoms with van der Waals surface area (Å²) in [6, 6.07) is 0. The zero-order valence-corrected chi connectivity index (χ0v) is 7.76. The van der Waals surface area contributed by atoms with E-state index in [0.29, 0.717) is 11.9 Å². The summed E-state index contributed by atoms with van der Waals surface area (Å²) in [6.45, 7) is 2.75. The summed E-state index contributed by atoms with van der Waals surface area (Å²) in [5.74, 6) is 0. The van der Waals surface area contributed by atoms with Gasteiger partial charge in [0.05, 0.1) is 12.2 Å². The average molecular weight is 176 g/mol. The van der Waals surface area contributed by atoms with Crippen LogP contribution in [0.4, 0.5) is 0 Å². The van der Waals surface area contributed by atoms with Gasteiger partial charge in [-0.3, -0.25) is 0 Å². The number of hydrogen-bond donors (Lipinski definition) is 2. The molecule has 0 radical (unpaired) electrons. The lowest BCUT2D eigenvalue weighted by Crippen LogP contribution is -2.30. The topological polar surface area (TPSA) is 29.5 Å². The lowest BCUT2D eigenvalue weighted by Gasteiger charge is -2.27. The van der Waals surface area contributed by atoms with E-state index in [-0.39, 0.29) is 12.2 Å². The van der Waals surface area contributed by atoms with Crippen molar-refractivity contribution in [2.45, 2.75) is 43.6 Å². The third-order valence-corrected chi connectivity index (χ3v) is 2.15. The molecule has 1 fully saturated rings. The van der Waals surface area contributed by atoms with E-state index in [0.717, 1.165) is 19.3 Å². The first kappa shape index (κ1) is 9.36. The lowest BCUT2D eigenvalue weighted by atomic mass is 10.0. The van der Waals surface area contributed by atoms with Crippen molar-refractivity contribution in [3.63, 3.8) is 0 Å². The fraction of sp³-hybridized carbons (Fsp3) is 1.00. The van der Waals surface area contributed by atoms with E-state index in [4.69, 9.17) is 4.74 Å². The fourth-order valence-electron chi connectivity index (χ4n) is 1.40. The van der Waals surface area contributed by atoms with Crippen LogP contribution in [-0.4, -0.2) is 29.2 Å². The predicted octanol–water partition coefficient (Wildman–Crippen LogP) is 1.23. The van der Waals surface area contributed by atoms with Crippen molar-refractivity contribution in [3.05, 3.63) is 0 Å². The number of hydrogen-bond acceptors (Lipinski definition) is 3. The first-order valence-corrected chi connectivity index (χ1v) is 4.68. The van der Waals surface area contributed by atoms with Crippen molar-refractivity contribution in [2.75, 3.05) is 6.61 Å². The maximum absolute atomic E-state index is 9.29. The Hall–Kier alpha value is 0.270. The van der Waals surface area contributed by atoms with Crippen molar-refractivity contribution in [1.82, 2.24) is 0 Å². The third-order valence-electron chi connectivity index (χ3n) is 1.94. The molecule has 66 valence electrons. The minimum Gasteiger partial charge on any atom is -0.393 e. The molecule has 1 aliphatic rings. The molecule has 1 rings (SSSR count). The Kier molecular flexibility index (Phi) is 3.69. The van der Waals surface area contributed by atoms with E-state index in [9.17, 15) is 5.11 Å². The van der Waals surface area contributed by atoms with Crippen molar-refractivity contribution >= 4 is 12.6 Å². The van der Waals surface area contributed by atoms with Gasteiger partial charge in [-0.05, 0) is 19.3 Å². The molecule has 0 saturated carbocycles. The minimum absolute atomic E-state index is 0.152. The molecule has 0 bridgehead atoms. The van der Waals surface area contributed by atoms with E-state index < -0.39 is 0 Å². The molecule has 0 amide bonds. The first-order valence-electron chi connectivity index (χ1n) is 4.16. The van der Waals surface area contributed by atoms with Crippen LogP contribution in [0.2, 0.25) is 0 Å². The van der Waals surface area contributed by atoms with Gasteiger partial charge in [0.2, 0.25) is 0 Å². The highest BCUT2D eigenvalue weighted by Crippen LogP contribution is 2.19. The van der Waals surface area contributed by atoms with Crippen LogP contribution in [0.25, 0.3) is 0 Å². The van der Waals surface area contributed by atoms with Gasteiger partial charge in [0, 0.05) is 11.9 Å². The Morgan fingerprint density at radius 3 is 3.00 bits per heavy atom. The van der Waals surface area contributed by atoms with E-state index in [1.165, 1.54) is 0 Å². The summed E-state index contributed by atoms with van der Waals surface area (Å²) >= 11 is 4.28. The van der Waals surface area contributed by atoms with Crippen LogP contribution >= 0.6 is 12.6 Å².